The number of ketones is 1. The topological polar surface area (TPSA) is 96.3 Å². The van der Waals surface area contributed by atoms with E-state index < -0.39 is 17.7 Å². The van der Waals surface area contributed by atoms with Crippen LogP contribution in [0.3, 0.4) is 0 Å². The van der Waals surface area contributed by atoms with Crippen LogP contribution in [0.15, 0.2) is 54.1 Å². The Bertz CT molecular complexity index is 922. The summed E-state index contributed by atoms with van der Waals surface area (Å²) in [6.07, 6.45) is 0. The number of aliphatic hydroxyl groups is 2. The number of carbonyl (C=O) groups is 2. The Hall–Kier alpha value is -3.32. The van der Waals surface area contributed by atoms with Crippen molar-refractivity contribution in [1.82, 2.24) is 4.90 Å². The van der Waals surface area contributed by atoms with Gasteiger partial charge in [-0.05, 0) is 18.2 Å². The van der Waals surface area contributed by atoms with Crippen LogP contribution in [-0.2, 0) is 9.59 Å². The predicted molar refractivity (Wildman–Crippen MR) is 102 cm³/mol. The normalized spacial score (nSPS) is 18.4. The number of carbonyl (C=O) groups excluding carboxylic acids is 2. The minimum Gasteiger partial charge on any atom is -0.507 e. The van der Waals surface area contributed by atoms with Crippen molar-refractivity contribution in [2.75, 3.05) is 27.4 Å². The minimum atomic E-state index is -0.919. The molecule has 1 amide bonds. The third-order valence-electron chi connectivity index (χ3n) is 4.66. The molecule has 2 aromatic rings. The van der Waals surface area contributed by atoms with Crippen molar-refractivity contribution >= 4 is 17.4 Å². The van der Waals surface area contributed by atoms with Crippen LogP contribution in [0.4, 0.5) is 0 Å². The fourth-order valence-electron chi connectivity index (χ4n) is 3.35. The summed E-state index contributed by atoms with van der Waals surface area (Å²) in [6, 6.07) is 12.6. The maximum Gasteiger partial charge on any atom is 0.295 e. The summed E-state index contributed by atoms with van der Waals surface area (Å²) >= 11 is 0. The molecule has 1 aliphatic rings. The van der Waals surface area contributed by atoms with E-state index in [1.807, 2.05) is 0 Å². The molecule has 2 aromatic carbocycles. The number of amides is 1. The SMILES string of the molecule is COc1ccc(OC)c(C2/C(=C(/O)c3ccccc3)C(=O)C(=O)N2CCO)c1. The number of hydrogen-bond donors (Lipinski definition) is 2. The fourth-order valence-corrected chi connectivity index (χ4v) is 3.35. The molecule has 2 N–H and O–H groups in total. The van der Waals surface area contributed by atoms with E-state index in [0.29, 0.717) is 22.6 Å². The van der Waals surface area contributed by atoms with E-state index in [-0.39, 0.29) is 24.5 Å². The van der Waals surface area contributed by atoms with Gasteiger partial charge >= 0.3 is 0 Å². The summed E-state index contributed by atoms with van der Waals surface area (Å²) in [4.78, 5) is 26.6. The number of aliphatic hydroxyl groups excluding tert-OH is 2. The largest absolute Gasteiger partial charge is 0.507 e. The molecule has 1 saturated heterocycles. The first kappa shape index (κ1) is 19.4. The lowest BCUT2D eigenvalue weighted by Gasteiger charge is -2.26. The molecular weight excluding hydrogens is 362 g/mol. The first-order valence-corrected chi connectivity index (χ1v) is 8.70. The molecule has 146 valence electrons. The highest BCUT2D eigenvalue weighted by molar-refractivity contribution is 6.46. The Morgan fingerprint density at radius 3 is 2.39 bits per heavy atom. The van der Waals surface area contributed by atoms with Crippen LogP contribution in [0.5, 0.6) is 11.5 Å². The number of hydrogen-bond acceptors (Lipinski definition) is 6. The second-order valence-electron chi connectivity index (χ2n) is 6.19. The third kappa shape index (κ3) is 3.32. The van der Waals surface area contributed by atoms with Crippen LogP contribution in [0, 0.1) is 0 Å². The Morgan fingerprint density at radius 1 is 1.07 bits per heavy atom. The molecular formula is C21H21NO6. The smallest absolute Gasteiger partial charge is 0.295 e. The first-order chi connectivity index (χ1) is 13.5. The van der Waals surface area contributed by atoms with Gasteiger partial charge in [-0.3, -0.25) is 9.59 Å². The summed E-state index contributed by atoms with van der Waals surface area (Å²) in [5.74, 6) is -0.958. The minimum absolute atomic E-state index is 0.0591. The number of benzene rings is 2. The number of β-amino-alcohol motifs (C(OH)–C–C–N with tert-alkyl or cyclic N) is 1. The zero-order valence-electron chi connectivity index (χ0n) is 15.6. The van der Waals surface area contributed by atoms with E-state index in [1.54, 1.807) is 48.5 Å². The van der Waals surface area contributed by atoms with Crippen molar-refractivity contribution in [3.63, 3.8) is 0 Å². The van der Waals surface area contributed by atoms with Gasteiger partial charge in [0.05, 0.1) is 32.4 Å². The number of methoxy groups -OCH3 is 2. The highest BCUT2D eigenvalue weighted by atomic mass is 16.5. The molecule has 7 nitrogen and oxygen atoms in total. The number of rotatable bonds is 6. The monoisotopic (exact) mass is 383 g/mol. The summed E-state index contributed by atoms with van der Waals surface area (Å²) in [7, 11) is 2.97. The van der Waals surface area contributed by atoms with Crippen LogP contribution in [0.2, 0.25) is 0 Å². The molecule has 1 aliphatic heterocycles. The number of nitrogens with zero attached hydrogens (tertiary/aromatic N) is 1. The van der Waals surface area contributed by atoms with Crippen LogP contribution >= 0.6 is 0 Å². The lowest BCUT2D eigenvalue weighted by molar-refractivity contribution is -0.140. The Kier molecular flexibility index (Phi) is 5.65. The van der Waals surface area contributed by atoms with E-state index in [0.717, 1.165) is 0 Å². The predicted octanol–water partition coefficient (Wildman–Crippen LogP) is 2.12. The van der Waals surface area contributed by atoms with Crippen molar-refractivity contribution in [2.45, 2.75) is 6.04 Å². The van der Waals surface area contributed by atoms with Gasteiger partial charge in [-0.25, -0.2) is 0 Å². The average molecular weight is 383 g/mol. The van der Waals surface area contributed by atoms with Crippen LogP contribution in [-0.4, -0.2) is 54.2 Å². The van der Waals surface area contributed by atoms with Gasteiger partial charge in [-0.2, -0.15) is 0 Å². The van der Waals surface area contributed by atoms with Gasteiger partial charge < -0.3 is 24.6 Å². The van der Waals surface area contributed by atoms with Gasteiger partial charge in [0.15, 0.2) is 0 Å². The quantitative estimate of drug-likeness (QED) is 0.451. The first-order valence-electron chi connectivity index (χ1n) is 8.70. The molecule has 0 bridgehead atoms. The highest BCUT2D eigenvalue weighted by Gasteiger charge is 2.46. The molecule has 0 radical (unpaired) electrons. The van der Waals surface area contributed by atoms with Crippen molar-refractivity contribution in [1.29, 1.82) is 0 Å². The maximum atomic E-state index is 12.8. The molecule has 0 spiro atoms. The number of likely N-dealkylation sites (tertiary alicyclic amines) is 1. The zero-order valence-corrected chi connectivity index (χ0v) is 15.6. The Balaban J connectivity index is 2.26. The van der Waals surface area contributed by atoms with Gasteiger partial charge in [0.1, 0.15) is 17.3 Å². The molecule has 0 saturated carbocycles. The highest BCUT2D eigenvalue weighted by Crippen LogP contribution is 2.43. The summed E-state index contributed by atoms with van der Waals surface area (Å²) in [5.41, 5.74) is 0.833. The van der Waals surface area contributed by atoms with Crippen molar-refractivity contribution in [3.8, 4) is 11.5 Å². The molecule has 0 aliphatic carbocycles. The molecule has 7 heteroatoms. The molecule has 1 unspecified atom stereocenters. The van der Waals surface area contributed by atoms with E-state index >= 15 is 0 Å². The third-order valence-corrected chi connectivity index (χ3v) is 4.66. The Labute approximate surface area is 162 Å². The molecule has 1 atom stereocenters. The zero-order chi connectivity index (χ0) is 20.3. The number of Topliss-reactive ketones (excluding diaryl/α,β-unsaturated/α-hetero) is 1. The van der Waals surface area contributed by atoms with Gasteiger partial charge in [-0.15, -0.1) is 0 Å². The fraction of sp³-hybridized carbons (Fsp3) is 0.238. The van der Waals surface area contributed by atoms with E-state index in [4.69, 9.17) is 9.47 Å². The van der Waals surface area contributed by atoms with Crippen molar-refractivity contribution < 1.29 is 29.3 Å². The second-order valence-corrected chi connectivity index (χ2v) is 6.19. The molecule has 0 aromatic heterocycles. The molecule has 3 rings (SSSR count). The molecule has 28 heavy (non-hydrogen) atoms. The van der Waals surface area contributed by atoms with Gasteiger partial charge in [0.2, 0.25) is 0 Å². The van der Waals surface area contributed by atoms with Gasteiger partial charge in [0.25, 0.3) is 11.7 Å². The van der Waals surface area contributed by atoms with Gasteiger partial charge in [0, 0.05) is 17.7 Å². The molecule has 1 fully saturated rings. The maximum absolute atomic E-state index is 12.8. The van der Waals surface area contributed by atoms with E-state index in [9.17, 15) is 19.8 Å². The average Bonchev–Trinajstić information content (AvgIpc) is 2.98. The molecule has 1 heterocycles. The summed E-state index contributed by atoms with van der Waals surface area (Å²) < 4.78 is 10.7. The summed E-state index contributed by atoms with van der Waals surface area (Å²) in [6.45, 7) is -0.400. The standard InChI is InChI=1S/C21H21NO6/c1-27-14-8-9-16(28-2)15(12-14)18-17(19(24)13-6-4-3-5-7-13)20(25)21(26)22(18)10-11-23/h3-9,12,18,23-24H,10-11H2,1-2H3/b19-17-. The van der Waals surface area contributed by atoms with Gasteiger partial charge in [-0.1, -0.05) is 30.3 Å². The Morgan fingerprint density at radius 2 is 1.79 bits per heavy atom. The van der Waals surface area contributed by atoms with Crippen LogP contribution in [0.25, 0.3) is 5.76 Å². The second kappa shape index (κ2) is 8.14. The van der Waals surface area contributed by atoms with Crippen LogP contribution < -0.4 is 9.47 Å². The van der Waals surface area contributed by atoms with Crippen LogP contribution in [0.1, 0.15) is 17.2 Å². The van der Waals surface area contributed by atoms with E-state index in [1.165, 1.54) is 19.1 Å². The number of ether oxygens (including phenoxy) is 2. The van der Waals surface area contributed by atoms with E-state index in [2.05, 4.69) is 0 Å². The van der Waals surface area contributed by atoms with Crippen molar-refractivity contribution in [3.05, 3.63) is 65.2 Å². The lowest BCUT2D eigenvalue weighted by atomic mass is 9.94. The lowest BCUT2D eigenvalue weighted by Crippen LogP contribution is -2.32. The van der Waals surface area contributed by atoms with Crippen molar-refractivity contribution in [2.24, 2.45) is 0 Å². The summed E-state index contributed by atoms with van der Waals surface area (Å²) in [5, 5.41) is 20.3.